The molecule has 1 heterocycles. The highest BCUT2D eigenvalue weighted by molar-refractivity contribution is 5.57. The van der Waals surface area contributed by atoms with Crippen LogP contribution in [0.2, 0.25) is 0 Å². The zero-order valence-corrected chi connectivity index (χ0v) is 15.3. The average Bonchev–Trinajstić information content (AvgIpc) is 2.83. The number of benzene rings is 1. The molecule has 3 rings (SSSR count). The summed E-state index contributed by atoms with van der Waals surface area (Å²) in [6.45, 7) is 3.91. The minimum absolute atomic E-state index is 0.459. The van der Waals surface area contributed by atoms with E-state index >= 15 is 0 Å². The molecule has 6 nitrogen and oxygen atoms in total. The molecule has 0 saturated heterocycles. The van der Waals surface area contributed by atoms with Gasteiger partial charge in [-0.05, 0) is 50.5 Å². The van der Waals surface area contributed by atoms with Crippen molar-refractivity contribution in [2.45, 2.75) is 58.4 Å². The third kappa shape index (κ3) is 4.81. The van der Waals surface area contributed by atoms with Crippen LogP contribution in [0.3, 0.4) is 0 Å². The van der Waals surface area contributed by atoms with Crippen LogP contribution in [0.15, 0.2) is 18.2 Å². The van der Waals surface area contributed by atoms with Crippen molar-refractivity contribution in [3.05, 3.63) is 29.6 Å². The van der Waals surface area contributed by atoms with Gasteiger partial charge in [0.25, 0.3) is 0 Å². The third-order valence-electron chi connectivity index (χ3n) is 4.59. The Bertz CT molecular complexity index is 711. The first-order valence-corrected chi connectivity index (χ1v) is 9.05. The quantitative estimate of drug-likeness (QED) is 0.787. The molecule has 1 aliphatic carbocycles. The fourth-order valence-electron chi connectivity index (χ4n) is 3.29. The van der Waals surface area contributed by atoms with E-state index in [1.807, 2.05) is 32.0 Å². The lowest BCUT2D eigenvalue weighted by atomic mass is 10.1. The largest absolute Gasteiger partial charge is 0.496 e. The number of aromatic nitrogens is 3. The number of methoxy groups -OCH3 is 1. The van der Waals surface area contributed by atoms with Crippen LogP contribution in [-0.4, -0.2) is 28.1 Å². The van der Waals surface area contributed by atoms with Crippen molar-refractivity contribution in [3.63, 3.8) is 0 Å². The van der Waals surface area contributed by atoms with E-state index in [2.05, 4.69) is 25.6 Å². The van der Waals surface area contributed by atoms with E-state index in [0.29, 0.717) is 23.8 Å². The lowest BCUT2D eigenvalue weighted by Gasteiger charge is -2.17. The maximum absolute atomic E-state index is 5.30. The van der Waals surface area contributed by atoms with Gasteiger partial charge in [0.05, 0.1) is 7.11 Å². The molecule has 2 aromatic rings. The molecule has 0 amide bonds. The Hall–Kier alpha value is -2.37. The summed E-state index contributed by atoms with van der Waals surface area (Å²) in [5.74, 6) is 2.80. The number of anilines is 3. The molecule has 0 bridgehead atoms. The molecule has 0 aliphatic heterocycles. The molecule has 0 radical (unpaired) electrons. The number of hydrogen-bond acceptors (Lipinski definition) is 6. The average molecular weight is 341 g/mol. The molecule has 1 fully saturated rings. The summed E-state index contributed by atoms with van der Waals surface area (Å²) in [6, 6.07) is 6.39. The first kappa shape index (κ1) is 17.5. The molecule has 1 aliphatic rings. The highest BCUT2D eigenvalue weighted by Gasteiger charge is 2.14. The summed E-state index contributed by atoms with van der Waals surface area (Å²) >= 11 is 0. The summed E-state index contributed by atoms with van der Waals surface area (Å²) in [5.41, 5.74) is 2.00. The van der Waals surface area contributed by atoms with Gasteiger partial charge in [-0.2, -0.15) is 15.0 Å². The van der Waals surface area contributed by atoms with Crippen molar-refractivity contribution >= 4 is 17.6 Å². The minimum Gasteiger partial charge on any atom is -0.496 e. The van der Waals surface area contributed by atoms with Gasteiger partial charge < -0.3 is 15.4 Å². The third-order valence-corrected chi connectivity index (χ3v) is 4.59. The van der Waals surface area contributed by atoms with Gasteiger partial charge in [0, 0.05) is 11.7 Å². The Morgan fingerprint density at radius 2 is 1.68 bits per heavy atom. The molecule has 1 saturated carbocycles. The van der Waals surface area contributed by atoms with Crippen molar-refractivity contribution in [1.29, 1.82) is 0 Å². The van der Waals surface area contributed by atoms with Crippen LogP contribution in [0.5, 0.6) is 5.75 Å². The lowest BCUT2D eigenvalue weighted by molar-refractivity contribution is 0.412. The van der Waals surface area contributed by atoms with E-state index in [1.165, 1.54) is 38.5 Å². The number of hydrogen-bond donors (Lipinski definition) is 2. The van der Waals surface area contributed by atoms with Crippen molar-refractivity contribution in [3.8, 4) is 5.75 Å². The molecular formula is C19H27N5O. The fraction of sp³-hybridized carbons (Fsp3) is 0.526. The van der Waals surface area contributed by atoms with Crippen molar-refractivity contribution in [1.82, 2.24) is 15.0 Å². The van der Waals surface area contributed by atoms with Crippen LogP contribution >= 0.6 is 0 Å². The maximum Gasteiger partial charge on any atom is 0.232 e. The monoisotopic (exact) mass is 341 g/mol. The van der Waals surface area contributed by atoms with Gasteiger partial charge in [0.1, 0.15) is 11.6 Å². The predicted molar refractivity (Wildman–Crippen MR) is 101 cm³/mol. The van der Waals surface area contributed by atoms with Crippen molar-refractivity contribution in [2.75, 3.05) is 17.7 Å². The molecule has 0 spiro atoms. The Morgan fingerprint density at radius 1 is 0.960 bits per heavy atom. The van der Waals surface area contributed by atoms with E-state index < -0.39 is 0 Å². The summed E-state index contributed by atoms with van der Waals surface area (Å²) in [4.78, 5) is 13.4. The number of ether oxygens (including phenoxy) is 1. The highest BCUT2D eigenvalue weighted by atomic mass is 16.5. The SMILES string of the molecule is COc1ccc(Nc2nc(C)nc(NC3CCCCCC3)n2)cc1C. The van der Waals surface area contributed by atoms with Gasteiger partial charge >= 0.3 is 0 Å². The Balaban J connectivity index is 1.73. The second-order valence-electron chi connectivity index (χ2n) is 6.67. The zero-order chi connectivity index (χ0) is 17.6. The highest BCUT2D eigenvalue weighted by Crippen LogP contribution is 2.24. The molecule has 6 heteroatoms. The summed E-state index contributed by atoms with van der Waals surface area (Å²) in [5, 5.41) is 6.76. The Kier molecular flexibility index (Phi) is 5.68. The van der Waals surface area contributed by atoms with E-state index in [1.54, 1.807) is 7.11 Å². The van der Waals surface area contributed by atoms with E-state index in [4.69, 9.17) is 4.74 Å². The van der Waals surface area contributed by atoms with Crippen LogP contribution in [-0.2, 0) is 0 Å². The van der Waals surface area contributed by atoms with Crippen molar-refractivity contribution in [2.24, 2.45) is 0 Å². The second-order valence-corrected chi connectivity index (χ2v) is 6.67. The van der Waals surface area contributed by atoms with Gasteiger partial charge in [0.2, 0.25) is 11.9 Å². The van der Waals surface area contributed by atoms with Gasteiger partial charge in [-0.3, -0.25) is 0 Å². The van der Waals surface area contributed by atoms with Crippen LogP contribution in [0.4, 0.5) is 17.6 Å². The smallest absolute Gasteiger partial charge is 0.232 e. The van der Waals surface area contributed by atoms with Crippen LogP contribution in [0.1, 0.15) is 49.9 Å². The van der Waals surface area contributed by atoms with E-state index in [-0.39, 0.29) is 0 Å². The van der Waals surface area contributed by atoms with Crippen LogP contribution < -0.4 is 15.4 Å². The number of rotatable bonds is 5. The lowest BCUT2D eigenvalue weighted by Crippen LogP contribution is -2.20. The van der Waals surface area contributed by atoms with Crippen molar-refractivity contribution < 1.29 is 4.74 Å². The van der Waals surface area contributed by atoms with Crippen LogP contribution in [0.25, 0.3) is 0 Å². The van der Waals surface area contributed by atoms with Gasteiger partial charge in [-0.15, -0.1) is 0 Å². The number of nitrogens with one attached hydrogen (secondary N) is 2. The number of aryl methyl sites for hydroxylation is 2. The van der Waals surface area contributed by atoms with Gasteiger partial charge in [0.15, 0.2) is 0 Å². The Labute approximate surface area is 149 Å². The molecule has 0 unspecified atom stereocenters. The topological polar surface area (TPSA) is 72.0 Å². The summed E-state index contributed by atoms with van der Waals surface area (Å²) in [6.07, 6.45) is 7.59. The first-order chi connectivity index (χ1) is 12.1. The predicted octanol–water partition coefficient (Wildman–Crippen LogP) is 4.38. The summed E-state index contributed by atoms with van der Waals surface area (Å²) in [7, 11) is 1.68. The van der Waals surface area contributed by atoms with E-state index in [9.17, 15) is 0 Å². The fourth-order valence-corrected chi connectivity index (χ4v) is 3.29. The molecule has 1 aromatic carbocycles. The standard InChI is InChI=1S/C19H27N5O/c1-13-12-16(10-11-17(13)25-3)23-19-21-14(2)20-18(24-19)22-15-8-6-4-5-7-9-15/h10-12,15H,4-9H2,1-3H3,(H2,20,21,22,23,24). The van der Waals surface area contributed by atoms with Crippen LogP contribution in [0, 0.1) is 13.8 Å². The summed E-state index contributed by atoms with van der Waals surface area (Å²) < 4.78 is 5.30. The molecule has 134 valence electrons. The molecule has 25 heavy (non-hydrogen) atoms. The molecule has 2 N–H and O–H groups in total. The van der Waals surface area contributed by atoms with Gasteiger partial charge in [-0.25, -0.2) is 0 Å². The first-order valence-electron chi connectivity index (χ1n) is 9.05. The number of nitrogens with zero attached hydrogens (tertiary/aromatic N) is 3. The second kappa shape index (κ2) is 8.14. The normalized spacial score (nSPS) is 15.5. The van der Waals surface area contributed by atoms with E-state index in [0.717, 1.165) is 17.0 Å². The molecule has 0 atom stereocenters. The minimum atomic E-state index is 0.459. The zero-order valence-electron chi connectivity index (χ0n) is 15.3. The van der Waals surface area contributed by atoms with Gasteiger partial charge in [-0.1, -0.05) is 25.7 Å². The molecular weight excluding hydrogens is 314 g/mol. The Morgan fingerprint density at radius 3 is 2.36 bits per heavy atom. The molecule has 1 aromatic heterocycles. The maximum atomic E-state index is 5.30.